The molecular formula is C16H23NO4. The van der Waals surface area contributed by atoms with Crippen molar-refractivity contribution in [3.8, 4) is 0 Å². The van der Waals surface area contributed by atoms with Crippen LogP contribution in [0.1, 0.15) is 26.3 Å². The number of carbonyl (C=O) groups is 1. The van der Waals surface area contributed by atoms with E-state index >= 15 is 0 Å². The summed E-state index contributed by atoms with van der Waals surface area (Å²) in [5, 5.41) is 3.12. The second-order valence-electron chi connectivity index (χ2n) is 5.67. The first kappa shape index (κ1) is 15.9. The van der Waals surface area contributed by atoms with Crippen molar-refractivity contribution in [1.29, 1.82) is 0 Å². The van der Waals surface area contributed by atoms with Crippen LogP contribution in [-0.4, -0.2) is 37.1 Å². The molecule has 0 bridgehead atoms. The molecule has 1 aromatic rings. The smallest absolute Gasteiger partial charge is 0.323 e. The summed E-state index contributed by atoms with van der Waals surface area (Å²) in [6.07, 6.45) is -0.0376. The van der Waals surface area contributed by atoms with Crippen molar-refractivity contribution >= 4 is 5.97 Å². The van der Waals surface area contributed by atoms with Gasteiger partial charge in [0.15, 0.2) is 5.79 Å². The predicted octanol–water partition coefficient (Wildman–Crippen LogP) is 1.86. The third-order valence-electron chi connectivity index (χ3n) is 3.30. The third kappa shape index (κ3) is 5.12. The first-order valence-corrected chi connectivity index (χ1v) is 7.22. The second kappa shape index (κ2) is 7.02. The summed E-state index contributed by atoms with van der Waals surface area (Å²) in [7, 11) is 0. The van der Waals surface area contributed by atoms with Crippen LogP contribution in [0.2, 0.25) is 0 Å². The molecule has 5 nitrogen and oxygen atoms in total. The lowest BCUT2D eigenvalue weighted by Crippen LogP contribution is -2.40. The molecular weight excluding hydrogens is 270 g/mol. The molecule has 5 heteroatoms. The molecule has 2 unspecified atom stereocenters. The number of benzene rings is 1. The van der Waals surface area contributed by atoms with E-state index in [2.05, 4.69) is 5.32 Å². The van der Waals surface area contributed by atoms with E-state index < -0.39 is 5.79 Å². The van der Waals surface area contributed by atoms with Gasteiger partial charge in [-0.2, -0.15) is 0 Å². The third-order valence-corrected chi connectivity index (χ3v) is 3.30. The molecule has 0 aliphatic carbocycles. The van der Waals surface area contributed by atoms with Gasteiger partial charge in [-0.1, -0.05) is 30.3 Å². The average molecular weight is 293 g/mol. The molecule has 2 atom stereocenters. The van der Waals surface area contributed by atoms with Crippen LogP contribution in [0.5, 0.6) is 0 Å². The van der Waals surface area contributed by atoms with Gasteiger partial charge in [0.25, 0.3) is 0 Å². The monoisotopic (exact) mass is 293 g/mol. The maximum atomic E-state index is 11.9. The zero-order chi connectivity index (χ0) is 15.3. The second-order valence-corrected chi connectivity index (χ2v) is 5.67. The van der Waals surface area contributed by atoms with Crippen LogP contribution in [0, 0.1) is 0 Å². The number of nitrogens with one attached hydrogen (secondary N) is 1. The van der Waals surface area contributed by atoms with Gasteiger partial charge in [0.05, 0.1) is 12.7 Å². The molecule has 1 aliphatic heterocycles. The maximum Gasteiger partial charge on any atom is 0.323 e. The normalized spacial score (nSPS) is 22.0. The van der Waals surface area contributed by atoms with E-state index in [4.69, 9.17) is 14.2 Å². The van der Waals surface area contributed by atoms with Gasteiger partial charge in [-0.25, -0.2) is 0 Å². The minimum atomic E-state index is -0.538. The van der Waals surface area contributed by atoms with Gasteiger partial charge in [0.1, 0.15) is 12.6 Å². The van der Waals surface area contributed by atoms with Gasteiger partial charge in [-0.15, -0.1) is 0 Å². The molecule has 1 saturated heterocycles. The number of hydrogen-bond acceptors (Lipinski definition) is 5. The summed E-state index contributed by atoms with van der Waals surface area (Å²) >= 11 is 0. The molecule has 1 heterocycles. The van der Waals surface area contributed by atoms with Gasteiger partial charge in [0.2, 0.25) is 0 Å². The zero-order valence-corrected chi connectivity index (χ0v) is 12.8. The van der Waals surface area contributed by atoms with E-state index in [1.807, 2.05) is 44.2 Å². The van der Waals surface area contributed by atoms with E-state index in [1.54, 1.807) is 6.92 Å². The fourth-order valence-electron chi connectivity index (χ4n) is 2.11. The molecule has 116 valence electrons. The molecule has 21 heavy (non-hydrogen) atoms. The Morgan fingerprint density at radius 1 is 1.43 bits per heavy atom. The minimum absolute atomic E-state index is 0.0376. The Kier molecular flexibility index (Phi) is 5.33. The summed E-state index contributed by atoms with van der Waals surface area (Å²) in [5.74, 6) is -0.805. The van der Waals surface area contributed by atoms with Crippen LogP contribution in [0.3, 0.4) is 0 Å². The molecule has 1 aliphatic rings. The van der Waals surface area contributed by atoms with E-state index in [0.29, 0.717) is 19.8 Å². The van der Waals surface area contributed by atoms with Crippen molar-refractivity contribution in [3.05, 3.63) is 35.9 Å². The molecule has 1 fully saturated rings. The lowest BCUT2D eigenvalue weighted by atomic mass is 10.2. The molecule has 1 aromatic carbocycles. The summed E-state index contributed by atoms with van der Waals surface area (Å²) in [6.45, 7) is 6.93. The quantitative estimate of drug-likeness (QED) is 0.811. The van der Waals surface area contributed by atoms with Crippen LogP contribution in [0.4, 0.5) is 0 Å². The molecule has 0 amide bonds. The topological polar surface area (TPSA) is 56.8 Å². The average Bonchev–Trinajstić information content (AvgIpc) is 2.82. The van der Waals surface area contributed by atoms with Crippen LogP contribution in [0.25, 0.3) is 0 Å². The Labute approximate surface area is 125 Å². The van der Waals surface area contributed by atoms with Crippen molar-refractivity contribution in [1.82, 2.24) is 5.32 Å². The van der Waals surface area contributed by atoms with Gasteiger partial charge in [0, 0.05) is 6.54 Å². The summed E-state index contributed by atoms with van der Waals surface area (Å²) in [5.41, 5.74) is 0.979. The Bertz CT molecular complexity index is 461. The van der Waals surface area contributed by atoms with Crippen LogP contribution in [-0.2, 0) is 25.6 Å². The number of hydrogen-bond donors (Lipinski definition) is 1. The summed E-state index contributed by atoms with van der Waals surface area (Å²) < 4.78 is 16.4. The van der Waals surface area contributed by atoms with Gasteiger partial charge >= 0.3 is 5.97 Å². The molecule has 0 spiro atoms. The van der Waals surface area contributed by atoms with E-state index in [9.17, 15) is 4.79 Å². The largest absolute Gasteiger partial charge is 0.460 e. The lowest BCUT2D eigenvalue weighted by Gasteiger charge is -2.18. The Hall–Kier alpha value is -1.43. The van der Waals surface area contributed by atoms with Gasteiger partial charge in [-0.05, 0) is 26.3 Å². The van der Waals surface area contributed by atoms with Crippen molar-refractivity contribution in [2.24, 2.45) is 0 Å². The first-order valence-electron chi connectivity index (χ1n) is 7.22. The fraction of sp³-hybridized carbons (Fsp3) is 0.562. The Morgan fingerprint density at radius 3 is 2.76 bits per heavy atom. The predicted molar refractivity (Wildman–Crippen MR) is 78.6 cm³/mol. The van der Waals surface area contributed by atoms with Crippen molar-refractivity contribution in [2.45, 2.75) is 45.3 Å². The number of carbonyl (C=O) groups excluding carboxylic acids is 1. The lowest BCUT2D eigenvalue weighted by molar-refractivity contribution is -0.147. The molecule has 0 saturated carbocycles. The highest BCUT2D eigenvalue weighted by Crippen LogP contribution is 2.21. The molecule has 0 aromatic heterocycles. The summed E-state index contributed by atoms with van der Waals surface area (Å²) in [4.78, 5) is 11.9. The number of rotatable bonds is 6. The van der Waals surface area contributed by atoms with Crippen molar-refractivity contribution in [2.75, 3.05) is 13.2 Å². The van der Waals surface area contributed by atoms with Gasteiger partial charge < -0.3 is 19.5 Å². The Balaban J connectivity index is 1.68. The highest BCUT2D eigenvalue weighted by atomic mass is 16.7. The highest BCUT2D eigenvalue weighted by Gasteiger charge is 2.32. The standard InChI is InChI=1S/C16H23NO4/c1-12(17-9-14-11-20-16(2,3)21-14)15(18)19-10-13-7-5-4-6-8-13/h4-8,12,14,17H,9-11H2,1-3H3. The Morgan fingerprint density at radius 2 is 2.14 bits per heavy atom. The number of esters is 1. The molecule has 0 radical (unpaired) electrons. The SMILES string of the molecule is CC(NCC1COC(C)(C)O1)C(=O)OCc1ccccc1. The highest BCUT2D eigenvalue weighted by molar-refractivity contribution is 5.75. The van der Waals surface area contributed by atoms with Crippen LogP contribution in [0.15, 0.2) is 30.3 Å². The van der Waals surface area contributed by atoms with Crippen LogP contribution >= 0.6 is 0 Å². The van der Waals surface area contributed by atoms with E-state index in [0.717, 1.165) is 5.56 Å². The number of ether oxygens (including phenoxy) is 3. The maximum absolute atomic E-state index is 11.9. The fourth-order valence-corrected chi connectivity index (χ4v) is 2.11. The van der Waals surface area contributed by atoms with E-state index in [-0.39, 0.29) is 18.1 Å². The van der Waals surface area contributed by atoms with E-state index in [1.165, 1.54) is 0 Å². The first-order chi connectivity index (χ1) is 9.96. The van der Waals surface area contributed by atoms with Crippen molar-refractivity contribution < 1.29 is 19.0 Å². The van der Waals surface area contributed by atoms with Crippen molar-refractivity contribution in [3.63, 3.8) is 0 Å². The molecule has 1 N–H and O–H groups in total. The van der Waals surface area contributed by atoms with Crippen LogP contribution < -0.4 is 5.32 Å². The molecule has 2 rings (SSSR count). The summed E-state index contributed by atoms with van der Waals surface area (Å²) in [6, 6.07) is 9.25. The van der Waals surface area contributed by atoms with Gasteiger partial charge in [-0.3, -0.25) is 4.79 Å². The minimum Gasteiger partial charge on any atom is -0.460 e. The zero-order valence-electron chi connectivity index (χ0n) is 12.8.